The first-order valence-electron chi connectivity index (χ1n) is 5.40. The molecule has 0 fully saturated rings. The number of amides is 2. The van der Waals surface area contributed by atoms with Gasteiger partial charge in [0.15, 0.2) is 0 Å². The number of rotatable bonds is 2. The monoisotopic (exact) mass is 353 g/mol. The van der Waals surface area contributed by atoms with Crippen LogP contribution in [0.5, 0.6) is 0 Å². The molecule has 2 N–H and O–H groups in total. The predicted octanol–water partition coefficient (Wildman–Crippen LogP) is 3.64. The van der Waals surface area contributed by atoms with Crippen molar-refractivity contribution in [1.29, 1.82) is 0 Å². The Morgan fingerprint density at radius 1 is 1.17 bits per heavy atom. The van der Waals surface area contributed by atoms with Crippen LogP contribution in [0.1, 0.15) is 5.56 Å². The first-order valence-corrected chi connectivity index (χ1v) is 6.48. The molecular weight excluding hydrogens is 341 g/mol. The number of urea groups is 1. The maximum atomic E-state index is 11.8. The lowest BCUT2D eigenvalue weighted by molar-refractivity contribution is 0.262. The van der Waals surface area contributed by atoms with E-state index >= 15 is 0 Å². The second-order valence-electron chi connectivity index (χ2n) is 3.76. The topological polar surface area (TPSA) is 54.0 Å². The summed E-state index contributed by atoms with van der Waals surface area (Å²) in [5, 5.41) is 5.46. The third kappa shape index (κ3) is 3.43. The predicted molar refractivity (Wildman–Crippen MR) is 80.8 cm³/mol. The zero-order chi connectivity index (χ0) is 13.0. The molecule has 1 aromatic carbocycles. The highest BCUT2D eigenvalue weighted by Crippen LogP contribution is 2.13. The summed E-state index contributed by atoms with van der Waals surface area (Å²) < 4.78 is 1.03. The van der Waals surface area contributed by atoms with E-state index in [1.165, 1.54) is 0 Å². The fourth-order valence-electron chi connectivity index (χ4n) is 1.43. The van der Waals surface area contributed by atoms with Crippen LogP contribution < -0.4 is 10.6 Å². The van der Waals surface area contributed by atoms with Crippen LogP contribution >= 0.6 is 22.6 Å². The van der Waals surface area contributed by atoms with Gasteiger partial charge in [-0.1, -0.05) is 18.2 Å². The van der Waals surface area contributed by atoms with Crippen molar-refractivity contribution in [3.63, 3.8) is 0 Å². The van der Waals surface area contributed by atoms with Crippen molar-refractivity contribution in [3.05, 3.63) is 51.7 Å². The second-order valence-corrected chi connectivity index (χ2v) is 5.00. The molecule has 0 aliphatic rings. The van der Waals surface area contributed by atoms with Crippen LogP contribution in [-0.4, -0.2) is 11.0 Å². The Bertz CT molecular complexity index is 554. The summed E-state index contributed by atoms with van der Waals surface area (Å²) in [6.45, 7) is 1.94. The maximum absolute atomic E-state index is 11.8. The van der Waals surface area contributed by atoms with Crippen LogP contribution in [0.3, 0.4) is 0 Å². The fraction of sp³-hybridized carbons (Fsp3) is 0.0769. The summed E-state index contributed by atoms with van der Waals surface area (Å²) in [6, 6.07) is 11.0. The zero-order valence-corrected chi connectivity index (χ0v) is 11.9. The molecule has 0 aliphatic carbocycles. The number of hydrogen-bond donors (Lipinski definition) is 2. The van der Waals surface area contributed by atoms with Gasteiger partial charge < -0.3 is 5.32 Å². The number of nitrogens with zero attached hydrogens (tertiary/aromatic N) is 1. The van der Waals surface area contributed by atoms with E-state index in [9.17, 15) is 4.79 Å². The number of hydrogen-bond acceptors (Lipinski definition) is 2. The van der Waals surface area contributed by atoms with Crippen molar-refractivity contribution in [2.75, 3.05) is 10.6 Å². The van der Waals surface area contributed by atoms with Gasteiger partial charge in [-0.2, -0.15) is 0 Å². The number of aromatic nitrogens is 1. The summed E-state index contributed by atoms with van der Waals surface area (Å²) in [6.07, 6.45) is 1.70. The molecule has 92 valence electrons. The first-order chi connectivity index (χ1) is 8.65. The van der Waals surface area contributed by atoms with Gasteiger partial charge in [0.05, 0.1) is 0 Å². The molecule has 0 unspecified atom stereocenters. The van der Waals surface area contributed by atoms with Crippen molar-refractivity contribution < 1.29 is 4.79 Å². The Balaban J connectivity index is 2.01. The van der Waals surface area contributed by atoms with Gasteiger partial charge in [-0.05, 0) is 53.3 Å². The Morgan fingerprint density at radius 2 is 1.94 bits per heavy atom. The highest BCUT2D eigenvalue weighted by atomic mass is 127. The smallest absolute Gasteiger partial charge is 0.307 e. The number of para-hydroxylation sites is 1. The molecule has 2 rings (SSSR count). The Hall–Kier alpha value is -1.63. The average molecular weight is 353 g/mol. The van der Waals surface area contributed by atoms with Gasteiger partial charge in [0.2, 0.25) is 0 Å². The fourth-order valence-corrected chi connectivity index (χ4v) is 1.75. The van der Waals surface area contributed by atoms with E-state index in [1.807, 2.05) is 37.3 Å². The Labute approximate surface area is 119 Å². The molecule has 0 radical (unpaired) electrons. The summed E-state index contributed by atoms with van der Waals surface area (Å²) in [7, 11) is 0. The number of anilines is 2. The molecule has 0 bridgehead atoms. The number of carbonyl (C=O) groups is 1. The van der Waals surface area contributed by atoms with Crippen molar-refractivity contribution >= 4 is 40.1 Å². The second kappa shape index (κ2) is 5.81. The highest BCUT2D eigenvalue weighted by Gasteiger charge is 2.04. The Morgan fingerprint density at radius 3 is 2.61 bits per heavy atom. The minimum atomic E-state index is -0.294. The van der Waals surface area contributed by atoms with Crippen LogP contribution in [-0.2, 0) is 0 Å². The largest absolute Gasteiger partial charge is 0.324 e. The summed E-state index contributed by atoms with van der Waals surface area (Å²) in [4.78, 5) is 15.9. The lowest BCUT2D eigenvalue weighted by Crippen LogP contribution is -2.20. The van der Waals surface area contributed by atoms with E-state index in [0.29, 0.717) is 5.82 Å². The lowest BCUT2D eigenvalue weighted by atomic mass is 10.2. The number of nitrogens with one attached hydrogen (secondary N) is 2. The van der Waals surface area contributed by atoms with Crippen LogP contribution in [0, 0.1) is 10.5 Å². The molecular formula is C13H12IN3O. The van der Waals surface area contributed by atoms with Crippen LogP contribution in [0.2, 0.25) is 0 Å². The number of benzene rings is 1. The standard InChI is InChI=1S/C13H12IN3O/c1-9-4-2-3-5-11(9)16-13(18)17-12-7-6-10(14)8-15-12/h2-8H,1H3,(H2,15,16,17,18). The highest BCUT2D eigenvalue weighted by molar-refractivity contribution is 14.1. The maximum Gasteiger partial charge on any atom is 0.324 e. The van der Waals surface area contributed by atoms with E-state index in [1.54, 1.807) is 12.3 Å². The SMILES string of the molecule is Cc1ccccc1NC(=O)Nc1ccc(I)cn1. The van der Waals surface area contributed by atoms with E-state index in [-0.39, 0.29) is 6.03 Å². The van der Waals surface area contributed by atoms with Gasteiger partial charge in [0.1, 0.15) is 5.82 Å². The minimum Gasteiger partial charge on any atom is -0.307 e. The van der Waals surface area contributed by atoms with Gasteiger partial charge in [-0.15, -0.1) is 0 Å². The van der Waals surface area contributed by atoms with Crippen LogP contribution in [0.15, 0.2) is 42.6 Å². The zero-order valence-electron chi connectivity index (χ0n) is 9.77. The molecule has 2 aromatic rings. The van der Waals surface area contributed by atoms with Crippen LogP contribution in [0.4, 0.5) is 16.3 Å². The third-order valence-corrected chi connectivity index (χ3v) is 3.00. The minimum absolute atomic E-state index is 0.294. The summed E-state index contributed by atoms with van der Waals surface area (Å²) in [5.74, 6) is 0.529. The number of halogens is 1. The van der Waals surface area contributed by atoms with Crippen molar-refractivity contribution in [3.8, 4) is 0 Å². The summed E-state index contributed by atoms with van der Waals surface area (Å²) >= 11 is 2.16. The van der Waals surface area contributed by atoms with Gasteiger partial charge in [-0.3, -0.25) is 5.32 Å². The van der Waals surface area contributed by atoms with E-state index < -0.39 is 0 Å². The molecule has 5 heteroatoms. The lowest BCUT2D eigenvalue weighted by Gasteiger charge is -2.09. The molecule has 0 aliphatic heterocycles. The molecule has 2 amide bonds. The average Bonchev–Trinajstić information content (AvgIpc) is 2.35. The van der Waals surface area contributed by atoms with Crippen LogP contribution in [0.25, 0.3) is 0 Å². The molecule has 0 saturated carbocycles. The number of carbonyl (C=O) groups excluding carboxylic acids is 1. The first kappa shape index (κ1) is 12.8. The molecule has 0 saturated heterocycles. The number of aryl methyl sites for hydroxylation is 1. The molecule has 0 spiro atoms. The van der Waals surface area contributed by atoms with Gasteiger partial charge in [0.25, 0.3) is 0 Å². The molecule has 18 heavy (non-hydrogen) atoms. The molecule has 4 nitrogen and oxygen atoms in total. The quantitative estimate of drug-likeness (QED) is 0.810. The van der Waals surface area contributed by atoms with E-state index in [2.05, 4.69) is 38.2 Å². The Kier molecular flexibility index (Phi) is 4.14. The van der Waals surface area contributed by atoms with Crippen molar-refractivity contribution in [2.45, 2.75) is 6.92 Å². The van der Waals surface area contributed by atoms with Gasteiger partial charge in [-0.25, -0.2) is 9.78 Å². The van der Waals surface area contributed by atoms with Gasteiger partial charge in [0, 0.05) is 15.5 Å². The molecule has 1 aromatic heterocycles. The van der Waals surface area contributed by atoms with E-state index in [0.717, 1.165) is 14.8 Å². The van der Waals surface area contributed by atoms with Gasteiger partial charge >= 0.3 is 6.03 Å². The van der Waals surface area contributed by atoms with Crippen molar-refractivity contribution in [1.82, 2.24) is 4.98 Å². The van der Waals surface area contributed by atoms with E-state index in [4.69, 9.17) is 0 Å². The molecule has 1 heterocycles. The van der Waals surface area contributed by atoms with Crippen molar-refractivity contribution in [2.24, 2.45) is 0 Å². The molecule has 0 atom stereocenters. The normalized spacial score (nSPS) is 9.89. The summed E-state index contributed by atoms with van der Waals surface area (Å²) in [5.41, 5.74) is 1.81. The third-order valence-electron chi connectivity index (χ3n) is 2.36. The number of pyridine rings is 1.